The monoisotopic (exact) mass is 300 g/mol. The SMILES string of the molecule is OCC#Cc1ccc(-c2ccc(Oc3ccccc3)cc2)cc1. The number of rotatable bonds is 3. The van der Waals surface area contributed by atoms with Gasteiger partial charge in [-0.25, -0.2) is 0 Å². The van der Waals surface area contributed by atoms with E-state index in [1.54, 1.807) is 0 Å². The Morgan fingerprint density at radius 2 is 1.26 bits per heavy atom. The highest BCUT2D eigenvalue weighted by Gasteiger charge is 2.00. The van der Waals surface area contributed by atoms with Gasteiger partial charge in [-0.3, -0.25) is 0 Å². The smallest absolute Gasteiger partial charge is 0.127 e. The van der Waals surface area contributed by atoms with E-state index in [0.29, 0.717) is 0 Å². The van der Waals surface area contributed by atoms with Gasteiger partial charge in [-0.2, -0.15) is 0 Å². The van der Waals surface area contributed by atoms with E-state index in [-0.39, 0.29) is 6.61 Å². The maximum absolute atomic E-state index is 8.71. The fourth-order valence-corrected chi connectivity index (χ4v) is 2.23. The van der Waals surface area contributed by atoms with E-state index in [2.05, 4.69) is 11.8 Å². The molecule has 3 aromatic carbocycles. The van der Waals surface area contributed by atoms with Gasteiger partial charge in [0.2, 0.25) is 0 Å². The van der Waals surface area contributed by atoms with Crippen molar-refractivity contribution in [3.63, 3.8) is 0 Å². The minimum absolute atomic E-state index is 0.120. The highest BCUT2D eigenvalue weighted by atomic mass is 16.5. The van der Waals surface area contributed by atoms with Crippen LogP contribution in [0.4, 0.5) is 0 Å². The van der Waals surface area contributed by atoms with Crippen LogP contribution in [0.15, 0.2) is 78.9 Å². The first-order valence-electron chi connectivity index (χ1n) is 7.38. The van der Waals surface area contributed by atoms with Gasteiger partial charge >= 0.3 is 0 Å². The highest BCUT2D eigenvalue weighted by Crippen LogP contribution is 2.25. The third kappa shape index (κ3) is 4.00. The Balaban J connectivity index is 1.74. The zero-order valence-electron chi connectivity index (χ0n) is 12.6. The van der Waals surface area contributed by atoms with Crippen LogP contribution in [0.2, 0.25) is 0 Å². The molecule has 23 heavy (non-hydrogen) atoms. The number of benzene rings is 3. The molecule has 0 fully saturated rings. The topological polar surface area (TPSA) is 29.5 Å². The summed E-state index contributed by atoms with van der Waals surface area (Å²) >= 11 is 0. The van der Waals surface area contributed by atoms with Crippen molar-refractivity contribution in [2.24, 2.45) is 0 Å². The molecular weight excluding hydrogens is 284 g/mol. The standard InChI is InChI=1S/C21H16O2/c22-16-4-5-17-8-10-18(11-9-17)19-12-14-21(15-13-19)23-20-6-2-1-3-7-20/h1-3,6-15,22H,16H2. The molecule has 3 rings (SSSR count). The van der Waals surface area contributed by atoms with Gasteiger partial charge in [-0.1, -0.05) is 54.3 Å². The van der Waals surface area contributed by atoms with E-state index in [1.807, 2.05) is 78.9 Å². The summed E-state index contributed by atoms with van der Waals surface area (Å²) in [6, 6.07) is 25.7. The van der Waals surface area contributed by atoms with E-state index in [0.717, 1.165) is 28.2 Å². The lowest BCUT2D eigenvalue weighted by molar-refractivity contribution is 0.350. The van der Waals surface area contributed by atoms with Gasteiger partial charge in [0.1, 0.15) is 18.1 Å². The van der Waals surface area contributed by atoms with Crippen molar-refractivity contribution in [1.82, 2.24) is 0 Å². The summed E-state index contributed by atoms with van der Waals surface area (Å²) in [6.45, 7) is -0.120. The third-order valence-corrected chi connectivity index (χ3v) is 3.36. The lowest BCUT2D eigenvalue weighted by Crippen LogP contribution is -1.84. The van der Waals surface area contributed by atoms with Crippen molar-refractivity contribution in [1.29, 1.82) is 0 Å². The zero-order chi connectivity index (χ0) is 15.9. The minimum Gasteiger partial charge on any atom is -0.457 e. The van der Waals surface area contributed by atoms with E-state index in [4.69, 9.17) is 9.84 Å². The first kappa shape index (κ1) is 14.9. The summed E-state index contributed by atoms with van der Waals surface area (Å²) < 4.78 is 5.79. The molecular formula is C21H16O2. The van der Waals surface area contributed by atoms with Crippen molar-refractivity contribution in [3.8, 4) is 34.5 Å². The second-order valence-corrected chi connectivity index (χ2v) is 4.98. The molecule has 0 heterocycles. The zero-order valence-corrected chi connectivity index (χ0v) is 12.6. The Hall–Kier alpha value is -3.02. The molecule has 0 unspecified atom stereocenters. The number of hydrogen-bond acceptors (Lipinski definition) is 2. The molecule has 0 bridgehead atoms. The fraction of sp³-hybridized carbons (Fsp3) is 0.0476. The number of aliphatic hydroxyl groups is 1. The van der Waals surface area contributed by atoms with Gasteiger partial charge in [0.25, 0.3) is 0 Å². The Morgan fingerprint density at radius 3 is 1.87 bits per heavy atom. The maximum atomic E-state index is 8.71. The predicted octanol–water partition coefficient (Wildman–Crippen LogP) is 4.49. The van der Waals surface area contributed by atoms with Crippen LogP contribution < -0.4 is 4.74 Å². The molecule has 2 heteroatoms. The molecule has 1 N–H and O–H groups in total. The molecule has 2 nitrogen and oxygen atoms in total. The van der Waals surface area contributed by atoms with E-state index < -0.39 is 0 Å². The van der Waals surface area contributed by atoms with Crippen LogP contribution in [0.3, 0.4) is 0 Å². The number of aliphatic hydroxyl groups excluding tert-OH is 1. The predicted molar refractivity (Wildman–Crippen MR) is 92.4 cm³/mol. The highest BCUT2D eigenvalue weighted by molar-refractivity contribution is 5.65. The fourth-order valence-electron chi connectivity index (χ4n) is 2.23. The van der Waals surface area contributed by atoms with Crippen molar-refractivity contribution >= 4 is 0 Å². The van der Waals surface area contributed by atoms with Gasteiger partial charge in [0, 0.05) is 5.56 Å². The van der Waals surface area contributed by atoms with Crippen LogP contribution >= 0.6 is 0 Å². The molecule has 0 aliphatic rings. The van der Waals surface area contributed by atoms with Crippen LogP contribution in [0.25, 0.3) is 11.1 Å². The van der Waals surface area contributed by atoms with E-state index in [1.165, 1.54) is 0 Å². The van der Waals surface area contributed by atoms with Crippen molar-refractivity contribution in [3.05, 3.63) is 84.4 Å². The first-order valence-corrected chi connectivity index (χ1v) is 7.38. The van der Waals surface area contributed by atoms with Crippen LogP contribution in [-0.4, -0.2) is 11.7 Å². The molecule has 0 aromatic heterocycles. The average Bonchev–Trinajstić information content (AvgIpc) is 2.62. The molecule has 0 saturated carbocycles. The Labute approximate surface area is 136 Å². The molecule has 0 spiro atoms. The van der Waals surface area contributed by atoms with Gasteiger partial charge in [0.05, 0.1) is 0 Å². The maximum Gasteiger partial charge on any atom is 0.127 e. The normalized spacial score (nSPS) is 9.78. The summed E-state index contributed by atoms with van der Waals surface area (Å²) in [6.07, 6.45) is 0. The Bertz CT molecular complexity index is 808. The van der Waals surface area contributed by atoms with E-state index >= 15 is 0 Å². The van der Waals surface area contributed by atoms with Crippen LogP contribution in [0.5, 0.6) is 11.5 Å². The van der Waals surface area contributed by atoms with Crippen molar-refractivity contribution < 1.29 is 9.84 Å². The average molecular weight is 300 g/mol. The number of hydrogen-bond donors (Lipinski definition) is 1. The van der Waals surface area contributed by atoms with Crippen LogP contribution in [0.1, 0.15) is 5.56 Å². The van der Waals surface area contributed by atoms with Crippen molar-refractivity contribution in [2.45, 2.75) is 0 Å². The molecule has 0 atom stereocenters. The van der Waals surface area contributed by atoms with Crippen LogP contribution in [-0.2, 0) is 0 Å². The first-order chi connectivity index (χ1) is 11.3. The summed E-state index contributed by atoms with van der Waals surface area (Å²) in [5, 5.41) is 8.71. The quantitative estimate of drug-likeness (QED) is 0.722. The molecule has 0 radical (unpaired) electrons. The minimum atomic E-state index is -0.120. The number of para-hydroxylation sites is 1. The van der Waals surface area contributed by atoms with Gasteiger partial charge < -0.3 is 9.84 Å². The van der Waals surface area contributed by atoms with Gasteiger partial charge in [-0.05, 0) is 47.5 Å². The Kier molecular flexibility index (Phi) is 4.73. The third-order valence-electron chi connectivity index (χ3n) is 3.36. The second kappa shape index (κ2) is 7.31. The lowest BCUT2D eigenvalue weighted by Gasteiger charge is -2.07. The number of ether oxygens (including phenoxy) is 1. The van der Waals surface area contributed by atoms with Crippen molar-refractivity contribution in [2.75, 3.05) is 6.61 Å². The van der Waals surface area contributed by atoms with E-state index in [9.17, 15) is 0 Å². The summed E-state index contributed by atoms with van der Waals surface area (Å²) in [7, 11) is 0. The molecule has 0 saturated heterocycles. The summed E-state index contributed by atoms with van der Waals surface area (Å²) in [4.78, 5) is 0. The molecule has 0 aliphatic carbocycles. The largest absolute Gasteiger partial charge is 0.457 e. The molecule has 0 amide bonds. The molecule has 3 aromatic rings. The molecule has 112 valence electrons. The molecule has 0 aliphatic heterocycles. The summed E-state index contributed by atoms with van der Waals surface area (Å²) in [5.74, 6) is 7.17. The Morgan fingerprint density at radius 1 is 0.696 bits per heavy atom. The van der Waals surface area contributed by atoms with Crippen LogP contribution in [0, 0.1) is 11.8 Å². The second-order valence-electron chi connectivity index (χ2n) is 4.98. The lowest BCUT2D eigenvalue weighted by atomic mass is 10.0. The summed E-state index contributed by atoms with van der Waals surface area (Å²) in [5.41, 5.74) is 3.13. The van der Waals surface area contributed by atoms with Gasteiger partial charge in [-0.15, -0.1) is 0 Å². The van der Waals surface area contributed by atoms with Gasteiger partial charge in [0.15, 0.2) is 0 Å².